The van der Waals surface area contributed by atoms with E-state index in [1.165, 1.54) is 19.1 Å². The molecule has 2 rings (SSSR count). The third-order valence-electron chi connectivity index (χ3n) is 5.27. The van der Waals surface area contributed by atoms with Crippen LogP contribution in [0.4, 0.5) is 0 Å². The zero-order valence-electron chi connectivity index (χ0n) is 16.8. The second-order valence-electron chi connectivity index (χ2n) is 8.03. The van der Waals surface area contributed by atoms with Gasteiger partial charge in [0.1, 0.15) is 0 Å². The van der Waals surface area contributed by atoms with E-state index < -0.39 is 10.0 Å². The van der Waals surface area contributed by atoms with E-state index in [-0.39, 0.29) is 24.0 Å². The fraction of sp³-hybridized carbons (Fsp3) is 0.944. The van der Waals surface area contributed by atoms with Crippen molar-refractivity contribution >= 4 is 40.0 Å². The topological polar surface area (TPSA) is 65.0 Å². The summed E-state index contributed by atoms with van der Waals surface area (Å²) in [5, 5.41) is 3.44. The van der Waals surface area contributed by atoms with Crippen LogP contribution in [0.3, 0.4) is 0 Å². The number of rotatable bonds is 6. The number of nitrogens with one attached hydrogen (secondary N) is 1. The summed E-state index contributed by atoms with van der Waals surface area (Å²) in [5.74, 6) is 3.06. The SMILES string of the molecule is CCNC(=NCC1CCN(S(C)(=O)=O)CC1)N1CCC(CC(C)C)C1.I. The van der Waals surface area contributed by atoms with Gasteiger partial charge in [0.25, 0.3) is 0 Å². The van der Waals surface area contributed by atoms with Gasteiger partial charge in [0.05, 0.1) is 6.26 Å². The molecule has 26 heavy (non-hydrogen) atoms. The maximum absolute atomic E-state index is 11.6. The van der Waals surface area contributed by atoms with Crippen LogP contribution in [-0.4, -0.2) is 69.1 Å². The van der Waals surface area contributed by atoms with E-state index in [0.29, 0.717) is 19.0 Å². The van der Waals surface area contributed by atoms with E-state index in [0.717, 1.165) is 56.8 Å². The molecule has 2 saturated heterocycles. The predicted molar refractivity (Wildman–Crippen MR) is 120 cm³/mol. The van der Waals surface area contributed by atoms with E-state index in [1.807, 2.05) is 0 Å². The number of sulfonamides is 1. The van der Waals surface area contributed by atoms with Gasteiger partial charge in [-0.2, -0.15) is 0 Å². The lowest BCUT2D eigenvalue weighted by Crippen LogP contribution is -2.41. The molecule has 0 radical (unpaired) electrons. The van der Waals surface area contributed by atoms with E-state index in [2.05, 4.69) is 31.0 Å². The van der Waals surface area contributed by atoms with Gasteiger partial charge in [-0.05, 0) is 50.4 Å². The second-order valence-corrected chi connectivity index (χ2v) is 10.0. The fourth-order valence-electron chi connectivity index (χ4n) is 3.95. The molecule has 0 aliphatic carbocycles. The largest absolute Gasteiger partial charge is 0.357 e. The molecule has 154 valence electrons. The van der Waals surface area contributed by atoms with Crippen molar-refractivity contribution in [2.75, 3.05) is 45.5 Å². The lowest BCUT2D eigenvalue weighted by Gasteiger charge is -2.30. The molecule has 2 aliphatic rings. The van der Waals surface area contributed by atoms with Crippen LogP contribution in [0.1, 0.15) is 46.5 Å². The Balaban J connectivity index is 0.00000338. The Morgan fingerprint density at radius 1 is 1.15 bits per heavy atom. The molecule has 6 nitrogen and oxygen atoms in total. The molecule has 0 amide bonds. The first-order valence-electron chi connectivity index (χ1n) is 9.78. The summed E-state index contributed by atoms with van der Waals surface area (Å²) in [6.45, 7) is 11.9. The average molecular weight is 500 g/mol. The van der Waals surface area contributed by atoms with Crippen molar-refractivity contribution in [3.8, 4) is 0 Å². The molecule has 2 fully saturated rings. The summed E-state index contributed by atoms with van der Waals surface area (Å²) in [7, 11) is -3.04. The predicted octanol–water partition coefficient (Wildman–Crippen LogP) is 2.61. The average Bonchev–Trinajstić information content (AvgIpc) is 2.98. The summed E-state index contributed by atoms with van der Waals surface area (Å²) in [6, 6.07) is 0. The number of nitrogens with zero attached hydrogens (tertiary/aromatic N) is 3. The molecule has 0 spiro atoms. The molecule has 0 aromatic carbocycles. The minimum atomic E-state index is -3.04. The van der Waals surface area contributed by atoms with Gasteiger partial charge >= 0.3 is 0 Å². The highest BCUT2D eigenvalue weighted by molar-refractivity contribution is 14.0. The molecule has 8 heteroatoms. The number of hydrogen-bond acceptors (Lipinski definition) is 3. The van der Waals surface area contributed by atoms with Crippen molar-refractivity contribution in [3.05, 3.63) is 0 Å². The van der Waals surface area contributed by atoms with Crippen molar-refractivity contribution in [1.29, 1.82) is 0 Å². The molecular weight excluding hydrogens is 463 g/mol. The Hall–Kier alpha value is -0.0900. The van der Waals surface area contributed by atoms with E-state index >= 15 is 0 Å². The standard InChI is InChI=1S/C18H36N4O2S.HI/c1-5-19-18(21-9-6-17(14-21)12-15(2)3)20-13-16-7-10-22(11-8-16)25(4,23)24;/h15-17H,5-14H2,1-4H3,(H,19,20);1H. The minimum absolute atomic E-state index is 0. The van der Waals surface area contributed by atoms with Crippen LogP contribution in [0.5, 0.6) is 0 Å². The summed E-state index contributed by atoms with van der Waals surface area (Å²) >= 11 is 0. The van der Waals surface area contributed by atoms with Gasteiger partial charge in [0.15, 0.2) is 5.96 Å². The first-order chi connectivity index (χ1) is 11.8. The molecular formula is C18H37IN4O2S. The summed E-state index contributed by atoms with van der Waals surface area (Å²) in [5.41, 5.74) is 0. The van der Waals surface area contributed by atoms with Crippen LogP contribution in [0.2, 0.25) is 0 Å². The van der Waals surface area contributed by atoms with E-state index in [1.54, 1.807) is 4.31 Å². The highest BCUT2D eigenvalue weighted by Gasteiger charge is 2.27. The fourth-order valence-corrected chi connectivity index (χ4v) is 4.82. The quantitative estimate of drug-likeness (QED) is 0.346. The highest BCUT2D eigenvalue weighted by Crippen LogP contribution is 2.24. The zero-order valence-corrected chi connectivity index (χ0v) is 19.9. The van der Waals surface area contributed by atoms with Crippen molar-refractivity contribution in [1.82, 2.24) is 14.5 Å². The molecule has 0 saturated carbocycles. The van der Waals surface area contributed by atoms with Gasteiger partial charge in [0.2, 0.25) is 10.0 Å². The molecule has 0 aromatic heterocycles. The lowest BCUT2D eigenvalue weighted by molar-refractivity contribution is 0.279. The molecule has 2 aliphatic heterocycles. The molecule has 0 aromatic rings. The number of guanidine groups is 1. The van der Waals surface area contributed by atoms with E-state index in [9.17, 15) is 8.42 Å². The van der Waals surface area contributed by atoms with Crippen molar-refractivity contribution < 1.29 is 8.42 Å². The summed E-state index contributed by atoms with van der Waals surface area (Å²) in [6.07, 6.45) is 5.67. The van der Waals surface area contributed by atoms with Crippen molar-refractivity contribution in [2.24, 2.45) is 22.7 Å². The lowest BCUT2D eigenvalue weighted by atomic mass is 9.97. The highest BCUT2D eigenvalue weighted by atomic mass is 127. The Bertz CT molecular complexity index is 545. The zero-order chi connectivity index (χ0) is 18.4. The second kappa shape index (κ2) is 11.0. The minimum Gasteiger partial charge on any atom is -0.357 e. The maximum atomic E-state index is 11.6. The number of aliphatic imine (C=N–C) groups is 1. The first kappa shape index (κ1) is 23.9. The number of hydrogen-bond donors (Lipinski definition) is 1. The first-order valence-corrected chi connectivity index (χ1v) is 11.6. The molecule has 0 bridgehead atoms. The molecule has 1 N–H and O–H groups in total. The third kappa shape index (κ3) is 7.50. The van der Waals surface area contributed by atoms with Crippen molar-refractivity contribution in [2.45, 2.75) is 46.5 Å². The number of likely N-dealkylation sites (tertiary alicyclic amines) is 1. The Morgan fingerprint density at radius 3 is 2.31 bits per heavy atom. The normalized spacial score (nSPS) is 23.3. The summed E-state index contributed by atoms with van der Waals surface area (Å²) in [4.78, 5) is 7.29. The summed E-state index contributed by atoms with van der Waals surface area (Å²) < 4.78 is 24.8. The van der Waals surface area contributed by atoms with Crippen molar-refractivity contribution in [3.63, 3.8) is 0 Å². The van der Waals surface area contributed by atoms with Crippen LogP contribution in [0, 0.1) is 17.8 Å². The smallest absolute Gasteiger partial charge is 0.211 e. The van der Waals surface area contributed by atoms with Crippen LogP contribution in [0.25, 0.3) is 0 Å². The van der Waals surface area contributed by atoms with Crippen LogP contribution in [-0.2, 0) is 10.0 Å². The number of piperidine rings is 1. The third-order valence-corrected chi connectivity index (χ3v) is 6.57. The Labute approximate surface area is 177 Å². The van der Waals surface area contributed by atoms with Gasteiger partial charge in [-0.15, -0.1) is 24.0 Å². The number of halogens is 1. The van der Waals surface area contributed by atoms with Crippen LogP contribution in [0.15, 0.2) is 4.99 Å². The van der Waals surface area contributed by atoms with Gasteiger partial charge in [0, 0.05) is 39.3 Å². The van der Waals surface area contributed by atoms with Gasteiger partial charge < -0.3 is 10.2 Å². The maximum Gasteiger partial charge on any atom is 0.211 e. The Kier molecular flexibility index (Phi) is 10.2. The van der Waals surface area contributed by atoms with Crippen LogP contribution >= 0.6 is 24.0 Å². The molecule has 1 atom stereocenters. The van der Waals surface area contributed by atoms with Gasteiger partial charge in [-0.25, -0.2) is 12.7 Å². The van der Waals surface area contributed by atoms with Gasteiger partial charge in [-0.3, -0.25) is 4.99 Å². The molecule has 1 unspecified atom stereocenters. The van der Waals surface area contributed by atoms with Gasteiger partial charge in [-0.1, -0.05) is 13.8 Å². The monoisotopic (exact) mass is 500 g/mol. The van der Waals surface area contributed by atoms with E-state index in [4.69, 9.17) is 4.99 Å². The Morgan fingerprint density at radius 2 is 1.77 bits per heavy atom. The van der Waals surface area contributed by atoms with Crippen LogP contribution < -0.4 is 5.32 Å². The molecule has 2 heterocycles.